The van der Waals surface area contributed by atoms with Crippen LogP contribution in [0.2, 0.25) is 0 Å². The largest absolute Gasteiger partial charge is 0.325 e. The number of carbonyl (C=O) groups is 2. The third-order valence-corrected chi connectivity index (χ3v) is 5.36. The van der Waals surface area contributed by atoms with Crippen molar-refractivity contribution in [2.45, 2.75) is 18.6 Å². The SMILES string of the molecule is C/C(=N\N=C1/NC(=O)CC(C(=O)Nc2ccc(Br)cc2)S1)c1ccccc1. The zero-order chi connectivity index (χ0) is 19.2. The minimum atomic E-state index is -0.562. The van der Waals surface area contributed by atoms with Crippen LogP contribution in [0.4, 0.5) is 5.69 Å². The molecule has 8 heteroatoms. The van der Waals surface area contributed by atoms with E-state index in [-0.39, 0.29) is 18.2 Å². The Balaban J connectivity index is 1.69. The number of halogens is 1. The van der Waals surface area contributed by atoms with Crippen molar-refractivity contribution < 1.29 is 9.59 Å². The van der Waals surface area contributed by atoms with E-state index in [1.54, 1.807) is 12.1 Å². The fraction of sp³-hybridized carbons (Fsp3) is 0.158. The molecule has 1 fully saturated rings. The number of nitrogens with one attached hydrogen (secondary N) is 2. The molecule has 2 N–H and O–H groups in total. The third kappa shape index (κ3) is 5.51. The van der Waals surface area contributed by atoms with E-state index >= 15 is 0 Å². The number of hydrogen-bond donors (Lipinski definition) is 2. The van der Waals surface area contributed by atoms with Crippen LogP contribution in [-0.4, -0.2) is 27.9 Å². The Hall–Kier alpha value is -2.45. The van der Waals surface area contributed by atoms with E-state index in [2.05, 4.69) is 36.8 Å². The van der Waals surface area contributed by atoms with Crippen molar-refractivity contribution in [3.05, 3.63) is 64.6 Å². The normalized spacial score (nSPS) is 18.9. The number of thioether (sulfide) groups is 1. The van der Waals surface area contributed by atoms with Gasteiger partial charge in [-0.15, -0.1) is 5.10 Å². The summed E-state index contributed by atoms with van der Waals surface area (Å²) in [6.45, 7) is 1.84. The first-order valence-electron chi connectivity index (χ1n) is 8.22. The molecule has 1 aliphatic rings. The Morgan fingerprint density at radius 3 is 2.59 bits per heavy atom. The van der Waals surface area contributed by atoms with Crippen molar-refractivity contribution >= 4 is 56.1 Å². The van der Waals surface area contributed by atoms with Gasteiger partial charge in [-0.05, 0) is 36.8 Å². The van der Waals surface area contributed by atoms with Crippen LogP contribution in [0.1, 0.15) is 18.9 Å². The zero-order valence-electron chi connectivity index (χ0n) is 14.5. The van der Waals surface area contributed by atoms with Crippen LogP contribution in [0, 0.1) is 0 Å². The van der Waals surface area contributed by atoms with Crippen molar-refractivity contribution in [2.24, 2.45) is 10.2 Å². The molecule has 0 spiro atoms. The highest BCUT2D eigenvalue weighted by atomic mass is 79.9. The minimum Gasteiger partial charge on any atom is -0.325 e. The van der Waals surface area contributed by atoms with Gasteiger partial charge in [-0.25, -0.2) is 0 Å². The third-order valence-electron chi connectivity index (χ3n) is 3.76. The molecule has 1 atom stereocenters. The Kier molecular flexibility index (Phi) is 6.41. The van der Waals surface area contributed by atoms with Crippen LogP contribution in [0.15, 0.2) is 69.3 Å². The molecule has 2 amide bonds. The average Bonchev–Trinajstić information content (AvgIpc) is 2.68. The molecular weight excluding hydrogens is 428 g/mol. The molecule has 0 aromatic heterocycles. The van der Waals surface area contributed by atoms with Crippen LogP contribution in [-0.2, 0) is 9.59 Å². The molecule has 1 saturated heterocycles. The van der Waals surface area contributed by atoms with Gasteiger partial charge >= 0.3 is 0 Å². The maximum Gasteiger partial charge on any atom is 0.238 e. The van der Waals surface area contributed by atoms with Gasteiger partial charge in [0.1, 0.15) is 5.25 Å². The molecule has 0 radical (unpaired) electrons. The number of rotatable bonds is 4. The first-order valence-corrected chi connectivity index (χ1v) is 9.89. The second-order valence-corrected chi connectivity index (χ2v) is 7.92. The summed E-state index contributed by atoms with van der Waals surface area (Å²) in [7, 11) is 0. The summed E-state index contributed by atoms with van der Waals surface area (Å²) in [5.74, 6) is -0.496. The number of anilines is 1. The van der Waals surface area contributed by atoms with E-state index in [1.165, 1.54) is 11.8 Å². The van der Waals surface area contributed by atoms with E-state index in [0.29, 0.717) is 10.9 Å². The topological polar surface area (TPSA) is 82.9 Å². The average molecular weight is 445 g/mol. The van der Waals surface area contributed by atoms with Crippen LogP contribution in [0.25, 0.3) is 0 Å². The van der Waals surface area contributed by atoms with Crippen LogP contribution in [0.3, 0.4) is 0 Å². The monoisotopic (exact) mass is 444 g/mol. The molecule has 3 rings (SSSR count). The smallest absolute Gasteiger partial charge is 0.238 e. The predicted octanol–water partition coefficient (Wildman–Crippen LogP) is 3.79. The van der Waals surface area contributed by atoms with E-state index in [1.807, 2.05) is 49.4 Å². The highest BCUT2D eigenvalue weighted by molar-refractivity contribution is 9.10. The molecule has 2 aromatic carbocycles. The Labute approximate surface area is 169 Å². The highest BCUT2D eigenvalue weighted by Gasteiger charge is 2.30. The minimum absolute atomic E-state index is 0.0907. The number of amidine groups is 1. The van der Waals surface area contributed by atoms with Crippen molar-refractivity contribution in [1.29, 1.82) is 0 Å². The second kappa shape index (κ2) is 8.96. The Morgan fingerprint density at radius 2 is 1.89 bits per heavy atom. The van der Waals surface area contributed by atoms with Gasteiger partial charge in [0.2, 0.25) is 11.8 Å². The van der Waals surface area contributed by atoms with Gasteiger partial charge in [-0.2, -0.15) is 5.10 Å². The first-order chi connectivity index (χ1) is 13.0. The predicted molar refractivity (Wildman–Crippen MR) is 113 cm³/mol. The van der Waals surface area contributed by atoms with Crippen molar-refractivity contribution in [1.82, 2.24) is 5.32 Å². The molecule has 0 aliphatic carbocycles. The summed E-state index contributed by atoms with van der Waals surface area (Å²) in [5.41, 5.74) is 2.34. The van der Waals surface area contributed by atoms with Crippen molar-refractivity contribution in [3.8, 4) is 0 Å². The van der Waals surface area contributed by atoms with Gasteiger partial charge in [0, 0.05) is 16.6 Å². The summed E-state index contributed by atoms with van der Waals surface area (Å²) in [5, 5.41) is 13.5. The fourth-order valence-corrected chi connectivity index (χ4v) is 3.55. The lowest BCUT2D eigenvalue weighted by Gasteiger charge is -2.21. The van der Waals surface area contributed by atoms with E-state index in [0.717, 1.165) is 15.7 Å². The van der Waals surface area contributed by atoms with Gasteiger partial charge in [-0.3, -0.25) is 9.59 Å². The number of nitrogens with zero attached hydrogens (tertiary/aromatic N) is 2. The number of benzene rings is 2. The second-order valence-electron chi connectivity index (χ2n) is 5.81. The summed E-state index contributed by atoms with van der Waals surface area (Å²) in [4.78, 5) is 24.4. The molecule has 1 heterocycles. The van der Waals surface area contributed by atoms with E-state index in [9.17, 15) is 9.59 Å². The maximum atomic E-state index is 12.5. The summed E-state index contributed by atoms with van der Waals surface area (Å²) < 4.78 is 0.924. The lowest BCUT2D eigenvalue weighted by molar-refractivity contribution is -0.123. The molecule has 27 heavy (non-hydrogen) atoms. The van der Waals surface area contributed by atoms with Crippen molar-refractivity contribution in [3.63, 3.8) is 0 Å². The van der Waals surface area contributed by atoms with Crippen molar-refractivity contribution in [2.75, 3.05) is 5.32 Å². The van der Waals surface area contributed by atoms with E-state index < -0.39 is 5.25 Å². The van der Waals surface area contributed by atoms with Gasteiger partial charge < -0.3 is 10.6 Å². The van der Waals surface area contributed by atoms with Gasteiger partial charge in [-0.1, -0.05) is 58.0 Å². The standard InChI is InChI=1S/C19H17BrN4O2S/c1-12(13-5-3-2-4-6-13)23-24-19-22-17(25)11-16(27-19)18(26)21-15-9-7-14(20)8-10-15/h2-10,16H,11H2,1H3,(H,21,26)(H,22,24,25)/b23-12+. The summed E-state index contributed by atoms with van der Waals surface area (Å²) in [6.07, 6.45) is 0.0907. The molecule has 138 valence electrons. The maximum absolute atomic E-state index is 12.5. The van der Waals surface area contributed by atoms with Crippen LogP contribution in [0.5, 0.6) is 0 Å². The number of amides is 2. The van der Waals surface area contributed by atoms with Crippen LogP contribution >= 0.6 is 27.7 Å². The highest BCUT2D eigenvalue weighted by Crippen LogP contribution is 2.23. The fourth-order valence-electron chi connectivity index (χ4n) is 2.35. The number of hydrogen-bond acceptors (Lipinski definition) is 5. The first kappa shape index (κ1) is 19.3. The Morgan fingerprint density at radius 1 is 1.19 bits per heavy atom. The summed E-state index contributed by atoms with van der Waals surface area (Å²) in [6, 6.07) is 16.9. The molecule has 0 bridgehead atoms. The molecule has 0 saturated carbocycles. The lowest BCUT2D eigenvalue weighted by atomic mass is 10.1. The molecule has 6 nitrogen and oxygen atoms in total. The van der Waals surface area contributed by atoms with Gasteiger partial charge in [0.15, 0.2) is 5.17 Å². The molecular formula is C19H17BrN4O2S. The van der Waals surface area contributed by atoms with Gasteiger partial charge in [0.25, 0.3) is 0 Å². The number of carbonyl (C=O) groups excluding carboxylic acids is 2. The zero-order valence-corrected chi connectivity index (χ0v) is 16.9. The molecule has 1 unspecified atom stereocenters. The lowest BCUT2D eigenvalue weighted by Crippen LogP contribution is -2.41. The summed E-state index contributed by atoms with van der Waals surface area (Å²) >= 11 is 4.54. The van der Waals surface area contributed by atoms with Crippen LogP contribution < -0.4 is 10.6 Å². The quantitative estimate of drug-likeness (QED) is 0.555. The molecule has 1 aliphatic heterocycles. The Bertz CT molecular complexity index is 898. The van der Waals surface area contributed by atoms with Gasteiger partial charge in [0.05, 0.1) is 5.71 Å². The van der Waals surface area contributed by atoms with E-state index in [4.69, 9.17) is 0 Å². The molecule has 2 aromatic rings.